The van der Waals surface area contributed by atoms with Gasteiger partial charge in [0.2, 0.25) is 5.91 Å². The molecule has 0 aromatic rings. The monoisotopic (exact) mass is 1120 g/mol. The van der Waals surface area contributed by atoms with Gasteiger partial charge in [0.05, 0.1) is 32.0 Å². The van der Waals surface area contributed by atoms with Crippen LogP contribution in [-0.2, 0) is 23.8 Å². The van der Waals surface area contributed by atoms with E-state index in [1.165, 1.54) is 199 Å². The van der Waals surface area contributed by atoms with E-state index in [-0.39, 0.29) is 18.5 Å². The van der Waals surface area contributed by atoms with Gasteiger partial charge in [0.1, 0.15) is 24.4 Å². The fourth-order valence-corrected chi connectivity index (χ4v) is 10.3. The number of nitrogens with one attached hydrogen (secondary N) is 1. The van der Waals surface area contributed by atoms with Gasteiger partial charge in [-0.2, -0.15) is 0 Å². The minimum absolute atomic E-state index is 0.00425. The lowest BCUT2D eigenvalue weighted by atomic mass is 9.99. The molecule has 0 bridgehead atoms. The number of carbonyl (C=O) groups is 2. The smallest absolute Gasteiger partial charge is 0.305 e. The summed E-state index contributed by atoms with van der Waals surface area (Å²) in [6.07, 6.45) is 63.8. The van der Waals surface area contributed by atoms with Crippen LogP contribution >= 0.6 is 0 Å². The molecular weight excluding hydrogens is 991 g/mol. The predicted molar refractivity (Wildman–Crippen MR) is 329 cm³/mol. The normalized spacial score (nSPS) is 18.7. The minimum Gasteiger partial charge on any atom is -0.466 e. The summed E-state index contributed by atoms with van der Waals surface area (Å²) in [5.41, 5.74) is 0. The summed E-state index contributed by atoms with van der Waals surface area (Å²) in [7, 11) is 0. The van der Waals surface area contributed by atoms with Crippen LogP contribution < -0.4 is 5.32 Å². The Balaban J connectivity index is 1.95. The number of aliphatic hydroxyl groups excluding tert-OH is 5. The van der Waals surface area contributed by atoms with Gasteiger partial charge < -0.3 is 45.1 Å². The largest absolute Gasteiger partial charge is 0.466 e. The van der Waals surface area contributed by atoms with Crippen LogP contribution in [0.2, 0.25) is 0 Å². The molecule has 0 radical (unpaired) electrons. The van der Waals surface area contributed by atoms with E-state index in [1.807, 2.05) is 6.08 Å². The quantitative estimate of drug-likeness (QED) is 0.0195. The summed E-state index contributed by atoms with van der Waals surface area (Å²) in [5, 5.41) is 54.2. The summed E-state index contributed by atoms with van der Waals surface area (Å²) in [6, 6.07) is -0.814. The van der Waals surface area contributed by atoms with Crippen LogP contribution in [0.5, 0.6) is 0 Å². The minimum atomic E-state index is -1.57. The Bertz CT molecular complexity index is 1450. The third-order valence-corrected chi connectivity index (χ3v) is 15.7. The van der Waals surface area contributed by atoms with Gasteiger partial charge in [-0.25, -0.2) is 0 Å². The van der Waals surface area contributed by atoms with Gasteiger partial charge in [0.25, 0.3) is 0 Å². The highest BCUT2D eigenvalue weighted by Gasteiger charge is 2.44. The van der Waals surface area contributed by atoms with Gasteiger partial charge in [-0.1, -0.05) is 255 Å². The summed E-state index contributed by atoms with van der Waals surface area (Å²) >= 11 is 0. The summed E-state index contributed by atoms with van der Waals surface area (Å²) in [6.45, 7) is 4.29. The summed E-state index contributed by atoms with van der Waals surface area (Å²) in [5.74, 6) is -0.194. The second-order valence-corrected chi connectivity index (χ2v) is 23.2. The molecule has 1 heterocycles. The van der Waals surface area contributed by atoms with Crippen molar-refractivity contribution in [2.24, 2.45) is 0 Å². The molecule has 11 heteroatoms. The molecule has 1 saturated heterocycles. The van der Waals surface area contributed by atoms with Crippen LogP contribution in [0.15, 0.2) is 48.6 Å². The van der Waals surface area contributed by atoms with E-state index in [4.69, 9.17) is 14.2 Å². The van der Waals surface area contributed by atoms with Gasteiger partial charge in [-0.3, -0.25) is 9.59 Å². The molecule has 6 N–H and O–H groups in total. The fraction of sp³-hybridized carbons (Fsp3) is 0.853. The zero-order chi connectivity index (χ0) is 57.3. The van der Waals surface area contributed by atoms with Crippen LogP contribution in [0, 0.1) is 0 Å². The van der Waals surface area contributed by atoms with Crippen LogP contribution in [-0.4, -0.2) is 100 Å². The Hall–Kier alpha value is -2.38. The van der Waals surface area contributed by atoms with Crippen LogP contribution in [0.25, 0.3) is 0 Å². The maximum atomic E-state index is 13.0. The maximum absolute atomic E-state index is 13.0. The number of hydrogen-bond donors (Lipinski definition) is 6. The van der Waals surface area contributed by atoms with E-state index in [0.29, 0.717) is 19.4 Å². The number of unbranched alkanes of at least 4 members (excludes halogenated alkanes) is 38. The number of aliphatic hydroxyl groups is 5. The van der Waals surface area contributed by atoms with Crippen molar-refractivity contribution >= 4 is 11.9 Å². The molecule has 1 rings (SSSR count). The topological polar surface area (TPSA) is 175 Å². The van der Waals surface area contributed by atoms with Crippen LogP contribution in [0.4, 0.5) is 0 Å². The number of esters is 1. The molecule has 1 fully saturated rings. The Kier molecular flexibility index (Phi) is 54.3. The third-order valence-electron chi connectivity index (χ3n) is 15.7. The standard InChI is InChI=1S/C68H125NO10/c1-3-5-7-9-11-13-14-15-16-17-23-27-30-33-36-40-44-48-52-56-64(73)77-57-53-49-45-41-37-34-31-28-25-22-20-18-19-21-24-26-29-32-35-39-43-47-51-55-63(72)69-60(61(71)54-50-46-42-38-12-10-8-6-4-2)59-78-68-67(76)66(75)65(74)62(58-70)79-68/h11,13,15-16,21,24,50,54,60-62,65-68,70-71,74-76H,3-10,12,14,17-20,22-23,25-49,51-53,55-59H2,1-2H3,(H,69,72)/b13-11-,16-15-,24-21-,54-50+. The summed E-state index contributed by atoms with van der Waals surface area (Å²) < 4.78 is 16.7. The highest BCUT2D eigenvalue weighted by Crippen LogP contribution is 2.23. The Morgan fingerprint density at radius 1 is 0.468 bits per heavy atom. The van der Waals surface area contributed by atoms with E-state index in [1.54, 1.807) is 6.08 Å². The van der Waals surface area contributed by atoms with Crippen LogP contribution in [0.1, 0.15) is 309 Å². The van der Waals surface area contributed by atoms with Crippen molar-refractivity contribution in [3.63, 3.8) is 0 Å². The van der Waals surface area contributed by atoms with E-state index < -0.39 is 49.5 Å². The molecule has 0 aromatic carbocycles. The number of carbonyl (C=O) groups excluding carboxylic acids is 2. The van der Waals surface area contributed by atoms with Crippen molar-refractivity contribution in [2.45, 2.75) is 352 Å². The molecule has 1 amide bonds. The molecule has 1 aliphatic rings. The molecular formula is C68H125NO10. The zero-order valence-electron chi connectivity index (χ0n) is 51.1. The molecule has 0 saturated carbocycles. The number of amides is 1. The van der Waals surface area contributed by atoms with Crippen molar-refractivity contribution in [3.05, 3.63) is 48.6 Å². The van der Waals surface area contributed by atoms with Crippen molar-refractivity contribution in [3.8, 4) is 0 Å². The van der Waals surface area contributed by atoms with Gasteiger partial charge in [-0.15, -0.1) is 0 Å². The number of hydrogen-bond acceptors (Lipinski definition) is 10. The lowest BCUT2D eigenvalue weighted by Gasteiger charge is -2.40. The van der Waals surface area contributed by atoms with Crippen LogP contribution in [0.3, 0.4) is 0 Å². The molecule has 462 valence electrons. The predicted octanol–water partition coefficient (Wildman–Crippen LogP) is 16.4. The van der Waals surface area contributed by atoms with Gasteiger partial charge in [-0.05, 0) is 89.9 Å². The molecule has 1 aliphatic heterocycles. The van der Waals surface area contributed by atoms with Gasteiger partial charge in [0, 0.05) is 12.8 Å². The first-order valence-electron chi connectivity index (χ1n) is 33.4. The van der Waals surface area contributed by atoms with Crippen molar-refractivity contribution in [2.75, 3.05) is 19.8 Å². The molecule has 0 aliphatic carbocycles. The Morgan fingerprint density at radius 3 is 1.32 bits per heavy atom. The molecule has 0 spiro atoms. The second kappa shape index (κ2) is 57.4. The van der Waals surface area contributed by atoms with Crippen molar-refractivity contribution < 1.29 is 49.3 Å². The highest BCUT2D eigenvalue weighted by atomic mass is 16.7. The molecule has 0 aromatic heterocycles. The lowest BCUT2D eigenvalue weighted by Crippen LogP contribution is -2.60. The molecule has 7 unspecified atom stereocenters. The zero-order valence-corrected chi connectivity index (χ0v) is 51.1. The SMILES string of the molecule is CCCCC/C=C\C/C=C\CCCCCCCCCCCC(=O)OCCCCCCCCCCCCCC/C=C\CCCCCCCCCC(=O)NC(COC1OC(CO)C(O)C(O)C1O)C(O)/C=C/CCCCCCCCC. The van der Waals surface area contributed by atoms with Crippen molar-refractivity contribution in [1.82, 2.24) is 5.32 Å². The first-order valence-corrected chi connectivity index (χ1v) is 33.4. The van der Waals surface area contributed by atoms with E-state index in [0.717, 1.165) is 83.5 Å². The first-order chi connectivity index (χ1) is 38.7. The average molecular weight is 1120 g/mol. The third kappa shape index (κ3) is 46.8. The number of allylic oxidation sites excluding steroid dienone is 7. The lowest BCUT2D eigenvalue weighted by molar-refractivity contribution is -0.302. The highest BCUT2D eigenvalue weighted by molar-refractivity contribution is 5.76. The van der Waals surface area contributed by atoms with Gasteiger partial charge >= 0.3 is 5.97 Å². The van der Waals surface area contributed by atoms with E-state index in [2.05, 4.69) is 55.6 Å². The molecule has 7 atom stereocenters. The molecule has 11 nitrogen and oxygen atoms in total. The first kappa shape index (κ1) is 74.6. The Morgan fingerprint density at radius 2 is 0.848 bits per heavy atom. The van der Waals surface area contributed by atoms with Crippen molar-refractivity contribution in [1.29, 1.82) is 0 Å². The Labute approximate surface area is 485 Å². The number of ether oxygens (including phenoxy) is 3. The maximum Gasteiger partial charge on any atom is 0.305 e. The van der Waals surface area contributed by atoms with E-state index in [9.17, 15) is 35.1 Å². The van der Waals surface area contributed by atoms with Gasteiger partial charge in [0.15, 0.2) is 6.29 Å². The van der Waals surface area contributed by atoms with E-state index >= 15 is 0 Å². The summed E-state index contributed by atoms with van der Waals surface area (Å²) in [4.78, 5) is 25.1. The fourth-order valence-electron chi connectivity index (χ4n) is 10.3. The molecule has 79 heavy (non-hydrogen) atoms. The number of rotatable bonds is 58. The second-order valence-electron chi connectivity index (χ2n) is 23.2. The average Bonchev–Trinajstić information content (AvgIpc) is 3.47.